The molecule has 1 amide bonds. The minimum absolute atomic E-state index is 0.182. The van der Waals surface area contributed by atoms with Gasteiger partial charge < -0.3 is 10.2 Å². The van der Waals surface area contributed by atoms with Crippen molar-refractivity contribution < 1.29 is 13.2 Å². The first-order valence-electron chi connectivity index (χ1n) is 8.50. The van der Waals surface area contributed by atoms with E-state index in [1.165, 1.54) is 19.1 Å². The number of piperidine rings is 1. The maximum Gasteiger partial charge on any atom is 0.240 e. The van der Waals surface area contributed by atoms with Crippen LogP contribution in [0, 0.1) is 5.92 Å². The van der Waals surface area contributed by atoms with E-state index in [1.807, 2.05) is 0 Å². The first-order valence-corrected chi connectivity index (χ1v) is 9.98. The number of nitrogens with zero attached hydrogens (tertiary/aromatic N) is 1. The third-order valence-corrected chi connectivity index (χ3v) is 5.73. The topological polar surface area (TPSA) is 78.5 Å². The van der Waals surface area contributed by atoms with E-state index in [4.69, 9.17) is 0 Å². The summed E-state index contributed by atoms with van der Waals surface area (Å²) in [5, 5.41) is 2.62. The SMILES string of the molecule is CCCN1CCC(CNS(=O)(=O)c2ccc(NC(C)=O)cc2)CC1. The van der Waals surface area contributed by atoms with Gasteiger partial charge in [0, 0.05) is 19.2 Å². The molecule has 0 saturated carbocycles. The van der Waals surface area contributed by atoms with Gasteiger partial charge in [-0.25, -0.2) is 13.1 Å². The molecule has 1 fully saturated rings. The van der Waals surface area contributed by atoms with Crippen molar-refractivity contribution in [3.05, 3.63) is 24.3 Å². The Morgan fingerprint density at radius 2 is 1.83 bits per heavy atom. The Bertz CT molecular complexity index is 636. The van der Waals surface area contributed by atoms with Crippen molar-refractivity contribution in [1.29, 1.82) is 0 Å². The van der Waals surface area contributed by atoms with Gasteiger partial charge in [-0.2, -0.15) is 0 Å². The van der Waals surface area contributed by atoms with Gasteiger partial charge in [0.15, 0.2) is 0 Å². The zero-order valence-electron chi connectivity index (χ0n) is 14.4. The van der Waals surface area contributed by atoms with Gasteiger partial charge in [-0.3, -0.25) is 4.79 Å². The van der Waals surface area contributed by atoms with Crippen LogP contribution in [0.25, 0.3) is 0 Å². The molecule has 6 nitrogen and oxygen atoms in total. The number of benzene rings is 1. The second-order valence-electron chi connectivity index (χ2n) is 6.34. The fraction of sp³-hybridized carbons (Fsp3) is 0.588. The average Bonchev–Trinajstić information content (AvgIpc) is 2.54. The lowest BCUT2D eigenvalue weighted by atomic mass is 9.97. The number of rotatable bonds is 7. The number of hydrogen-bond acceptors (Lipinski definition) is 4. The molecule has 0 aliphatic carbocycles. The molecule has 1 heterocycles. The number of likely N-dealkylation sites (tertiary alicyclic amines) is 1. The molecule has 0 aromatic heterocycles. The van der Waals surface area contributed by atoms with E-state index in [9.17, 15) is 13.2 Å². The summed E-state index contributed by atoms with van der Waals surface area (Å²) in [5.74, 6) is 0.213. The molecule has 1 aromatic carbocycles. The van der Waals surface area contributed by atoms with Gasteiger partial charge in [-0.1, -0.05) is 6.92 Å². The number of carbonyl (C=O) groups excluding carboxylic acids is 1. The first kappa shape index (κ1) is 18.9. The van der Waals surface area contributed by atoms with Gasteiger partial charge >= 0.3 is 0 Å². The van der Waals surface area contributed by atoms with E-state index >= 15 is 0 Å². The van der Waals surface area contributed by atoms with Crippen LogP contribution < -0.4 is 10.0 Å². The van der Waals surface area contributed by atoms with Crippen molar-refractivity contribution in [2.45, 2.75) is 38.0 Å². The second-order valence-corrected chi connectivity index (χ2v) is 8.11. The Labute approximate surface area is 144 Å². The molecule has 1 aliphatic rings. The zero-order valence-corrected chi connectivity index (χ0v) is 15.2. The quantitative estimate of drug-likeness (QED) is 0.786. The van der Waals surface area contributed by atoms with Crippen LogP contribution in [-0.4, -0.2) is 45.4 Å². The van der Waals surface area contributed by atoms with E-state index in [-0.39, 0.29) is 10.8 Å². The van der Waals surface area contributed by atoms with Gasteiger partial charge in [0.05, 0.1) is 4.90 Å². The number of amides is 1. The second kappa shape index (κ2) is 8.60. The summed E-state index contributed by atoms with van der Waals surface area (Å²) in [6.07, 6.45) is 3.22. The van der Waals surface area contributed by atoms with E-state index in [0.717, 1.165) is 38.9 Å². The molecule has 134 valence electrons. The van der Waals surface area contributed by atoms with Crippen molar-refractivity contribution in [3.63, 3.8) is 0 Å². The Morgan fingerprint density at radius 1 is 1.21 bits per heavy atom. The highest BCUT2D eigenvalue weighted by molar-refractivity contribution is 7.89. The fourth-order valence-corrected chi connectivity index (χ4v) is 4.08. The van der Waals surface area contributed by atoms with Crippen LogP contribution in [-0.2, 0) is 14.8 Å². The Morgan fingerprint density at radius 3 is 2.38 bits per heavy atom. The predicted octanol–water partition coefficient (Wildman–Crippen LogP) is 2.05. The average molecular weight is 353 g/mol. The summed E-state index contributed by atoms with van der Waals surface area (Å²) in [6, 6.07) is 6.22. The number of nitrogens with one attached hydrogen (secondary N) is 2. The molecule has 0 unspecified atom stereocenters. The predicted molar refractivity (Wildman–Crippen MR) is 95.4 cm³/mol. The molecule has 24 heavy (non-hydrogen) atoms. The van der Waals surface area contributed by atoms with Gasteiger partial charge in [-0.15, -0.1) is 0 Å². The molecule has 2 N–H and O–H groups in total. The van der Waals surface area contributed by atoms with Crippen LogP contribution in [0.3, 0.4) is 0 Å². The summed E-state index contributed by atoms with van der Waals surface area (Å²) < 4.78 is 27.5. The fourth-order valence-electron chi connectivity index (χ4n) is 2.96. The van der Waals surface area contributed by atoms with E-state index in [2.05, 4.69) is 21.9 Å². The monoisotopic (exact) mass is 353 g/mol. The van der Waals surface area contributed by atoms with E-state index < -0.39 is 10.0 Å². The summed E-state index contributed by atoms with van der Waals surface area (Å²) in [6.45, 7) is 7.29. The van der Waals surface area contributed by atoms with Crippen LogP contribution >= 0.6 is 0 Å². The van der Waals surface area contributed by atoms with E-state index in [0.29, 0.717) is 18.2 Å². The van der Waals surface area contributed by atoms with Gasteiger partial charge in [0.25, 0.3) is 0 Å². The molecular weight excluding hydrogens is 326 g/mol. The lowest BCUT2D eigenvalue weighted by molar-refractivity contribution is -0.114. The third kappa shape index (κ3) is 5.58. The van der Waals surface area contributed by atoms with Crippen molar-refractivity contribution in [1.82, 2.24) is 9.62 Å². The highest BCUT2D eigenvalue weighted by Gasteiger charge is 2.21. The zero-order chi connectivity index (χ0) is 17.6. The summed E-state index contributed by atoms with van der Waals surface area (Å²) >= 11 is 0. The maximum absolute atomic E-state index is 12.4. The number of anilines is 1. The van der Waals surface area contributed by atoms with Crippen LogP contribution in [0.15, 0.2) is 29.2 Å². The molecular formula is C17H27N3O3S. The minimum Gasteiger partial charge on any atom is -0.326 e. The first-order chi connectivity index (χ1) is 11.4. The van der Waals surface area contributed by atoms with Crippen LogP contribution in [0.4, 0.5) is 5.69 Å². The summed E-state index contributed by atoms with van der Waals surface area (Å²) in [7, 11) is -3.50. The van der Waals surface area contributed by atoms with Crippen LogP contribution in [0.5, 0.6) is 0 Å². The highest BCUT2D eigenvalue weighted by Crippen LogP contribution is 2.18. The molecule has 0 bridgehead atoms. The summed E-state index contributed by atoms with van der Waals surface area (Å²) in [5.41, 5.74) is 0.588. The molecule has 2 rings (SSSR count). The van der Waals surface area contributed by atoms with Gasteiger partial charge in [-0.05, 0) is 69.1 Å². The molecule has 0 spiro atoms. The molecule has 1 aliphatic heterocycles. The lowest BCUT2D eigenvalue weighted by Gasteiger charge is -2.31. The summed E-state index contributed by atoms with van der Waals surface area (Å²) in [4.78, 5) is 13.6. The van der Waals surface area contributed by atoms with Crippen molar-refractivity contribution in [2.24, 2.45) is 5.92 Å². The lowest BCUT2D eigenvalue weighted by Crippen LogP contribution is -2.38. The largest absolute Gasteiger partial charge is 0.326 e. The van der Waals surface area contributed by atoms with E-state index in [1.54, 1.807) is 12.1 Å². The standard InChI is InChI=1S/C17H27N3O3S/c1-3-10-20-11-8-15(9-12-20)13-18-24(22,23)17-6-4-16(5-7-17)19-14(2)21/h4-7,15,18H,3,8-13H2,1-2H3,(H,19,21). The number of sulfonamides is 1. The maximum atomic E-state index is 12.4. The smallest absolute Gasteiger partial charge is 0.240 e. The van der Waals surface area contributed by atoms with Crippen molar-refractivity contribution >= 4 is 21.6 Å². The Balaban J connectivity index is 1.86. The molecule has 0 atom stereocenters. The minimum atomic E-state index is -3.50. The van der Waals surface area contributed by atoms with Gasteiger partial charge in [0.2, 0.25) is 15.9 Å². The molecule has 7 heteroatoms. The third-order valence-electron chi connectivity index (χ3n) is 4.29. The molecule has 1 aromatic rings. The Hall–Kier alpha value is -1.44. The Kier molecular flexibility index (Phi) is 6.77. The van der Waals surface area contributed by atoms with Crippen LogP contribution in [0.2, 0.25) is 0 Å². The van der Waals surface area contributed by atoms with Crippen molar-refractivity contribution in [2.75, 3.05) is 31.5 Å². The van der Waals surface area contributed by atoms with Crippen LogP contribution in [0.1, 0.15) is 33.1 Å². The number of hydrogen-bond donors (Lipinski definition) is 2. The highest BCUT2D eigenvalue weighted by atomic mass is 32.2. The normalized spacial score (nSPS) is 16.9. The molecule has 0 radical (unpaired) electrons. The van der Waals surface area contributed by atoms with Gasteiger partial charge in [0.1, 0.15) is 0 Å². The molecule has 1 saturated heterocycles. The number of carbonyl (C=O) groups is 1. The van der Waals surface area contributed by atoms with Crippen molar-refractivity contribution in [3.8, 4) is 0 Å².